The topological polar surface area (TPSA) is 38.3 Å². The van der Waals surface area contributed by atoms with Crippen LogP contribution in [0.15, 0.2) is 40.9 Å². The maximum absolute atomic E-state index is 12.1. The average Bonchev–Trinajstić information content (AvgIpc) is 2.50. The average molecular weight is 488 g/mol. The summed E-state index contributed by atoms with van der Waals surface area (Å²) in [6, 6.07) is 11.9. The summed E-state index contributed by atoms with van der Waals surface area (Å²) in [5.74, 6) is 0.512. The highest BCUT2D eigenvalue weighted by Gasteiger charge is 2.08. The molecule has 122 valence electrons. The summed E-state index contributed by atoms with van der Waals surface area (Å²) in [4.78, 5) is 12.1. The van der Waals surface area contributed by atoms with Crippen LogP contribution in [0.4, 0.5) is 5.69 Å². The zero-order valence-electron chi connectivity index (χ0n) is 13.2. The third-order valence-electron chi connectivity index (χ3n) is 3.36. The predicted octanol–water partition coefficient (Wildman–Crippen LogP) is 5.33. The van der Waals surface area contributed by atoms with E-state index in [4.69, 9.17) is 4.74 Å². The largest absolute Gasteiger partial charge is 0.483 e. The van der Waals surface area contributed by atoms with Gasteiger partial charge in [-0.2, -0.15) is 0 Å². The van der Waals surface area contributed by atoms with Gasteiger partial charge in [-0.05, 0) is 93.3 Å². The molecule has 0 radical (unpaired) electrons. The number of carbonyl (C=O) groups is 1. The van der Waals surface area contributed by atoms with Crippen molar-refractivity contribution in [2.24, 2.45) is 0 Å². The van der Waals surface area contributed by atoms with Crippen molar-refractivity contribution in [3.8, 4) is 5.75 Å². The lowest BCUT2D eigenvalue weighted by atomic mass is 10.1. The Hall–Kier alpha value is -1.08. The van der Waals surface area contributed by atoms with Crippen LogP contribution in [0.1, 0.15) is 24.5 Å². The maximum Gasteiger partial charge on any atom is 0.262 e. The zero-order chi connectivity index (χ0) is 16.8. The monoisotopic (exact) mass is 487 g/mol. The molecule has 0 aliphatic rings. The molecule has 0 unspecified atom stereocenters. The molecule has 1 amide bonds. The molecule has 0 fully saturated rings. The summed E-state index contributed by atoms with van der Waals surface area (Å²) < 4.78 is 7.63. The number of hydrogen-bond donors (Lipinski definition) is 1. The van der Waals surface area contributed by atoms with Crippen LogP contribution in [0.2, 0.25) is 0 Å². The molecule has 2 aromatic rings. The summed E-state index contributed by atoms with van der Waals surface area (Å²) >= 11 is 5.75. The van der Waals surface area contributed by atoms with Crippen molar-refractivity contribution in [3.63, 3.8) is 0 Å². The molecule has 3 nitrogen and oxygen atoms in total. The SMILES string of the molecule is CCCc1ccc(OCC(=O)Nc2ccc(I)cc2C)c(Br)c1. The number of ether oxygens (including phenoxy) is 1. The van der Waals surface area contributed by atoms with Crippen LogP contribution in [0.25, 0.3) is 0 Å². The number of anilines is 1. The fraction of sp³-hybridized carbons (Fsp3) is 0.278. The fourth-order valence-corrected chi connectivity index (χ4v) is 3.39. The standard InChI is InChI=1S/C18H19BrINO2/c1-3-4-13-5-8-17(15(19)10-13)23-11-18(22)21-16-7-6-14(20)9-12(16)2/h5-10H,3-4,11H2,1-2H3,(H,21,22). The van der Waals surface area contributed by atoms with Crippen molar-refractivity contribution in [1.29, 1.82) is 0 Å². The first kappa shape index (κ1) is 18.3. The summed E-state index contributed by atoms with van der Waals surface area (Å²) in [5.41, 5.74) is 3.11. The van der Waals surface area contributed by atoms with Crippen molar-refractivity contribution in [1.82, 2.24) is 0 Å². The Bertz CT molecular complexity index is 703. The van der Waals surface area contributed by atoms with Crippen LogP contribution >= 0.6 is 38.5 Å². The lowest BCUT2D eigenvalue weighted by Gasteiger charge is -2.11. The number of rotatable bonds is 6. The van der Waals surface area contributed by atoms with Gasteiger partial charge in [-0.1, -0.05) is 19.4 Å². The van der Waals surface area contributed by atoms with Crippen LogP contribution in [0, 0.1) is 10.5 Å². The Labute approximate surface area is 159 Å². The number of aryl methyl sites for hydroxylation is 2. The van der Waals surface area contributed by atoms with Gasteiger partial charge < -0.3 is 10.1 Å². The maximum atomic E-state index is 12.1. The highest BCUT2D eigenvalue weighted by molar-refractivity contribution is 14.1. The minimum absolute atomic E-state index is 0.0167. The van der Waals surface area contributed by atoms with Gasteiger partial charge in [0.1, 0.15) is 5.75 Å². The van der Waals surface area contributed by atoms with E-state index in [-0.39, 0.29) is 12.5 Å². The molecule has 0 aliphatic heterocycles. The second-order valence-corrected chi connectivity index (χ2v) is 7.41. The Morgan fingerprint density at radius 3 is 2.70 bits per heavy atom. The van der Waals surface area contributed by atoms with Gasteiger partial charge in [-0.25, -0.2) is 0 Å². The van der Waals surface area contributed by atoms with Crippen molar-refractivity contribution >= 4 is 50.1 Å². The predicted molar refractivity (Wildman–Crippen MR) is 106 cm³/mol. The van der Waals surface area contributed by atoms with Gasteiger partial charge in [-0.3, -0.25) is 4.79 Å². The highest BCUT2D eigenvalue weighted by Crippen LogP contribution is 2.26. The molecule has 23 heavy (non-hydrogen) atoms. The van der Waals surface area contributed by atoms with Crippen molar-refractivity contribution < 1.29 is 9.53 Å². The molecule has 2 rings (SSSR count). The van der Waals surface area contributed by atoms with Gasteiger partial charge in [-0.15, -0.1) is 0 Å². The van der Waals surface area contributed by atoms with E-state index >= 15 is 0 Å². The number of nitrogens with one attached hydrogen (secondary N) is 1. The third-order valence-corrected chi connectivity index (χ3v) is 4.65. The van der Waals surface area contributed by atoms with E-state index in [0.29, 0.717) is 5.75 Å². The molecule has 0 saturated carbocycles. The quantitative estimate of drug-likeness (QED) is 0.559. The molecule has 2 aromatic carbocycles. The van der Waals surface area contributed by atoms with Crippen LogP contribution in [0.5, 0.6) is 5.75 Å². The molecule has 0 atom stereocenters. The van der Waals surface area contributed by atoms with E-state index in [1.807, 2.05) is 43.3 Å². The highest BCUT2D eigenvalue weighted by atomic mass is 127. The van der Waals surface area contributed by atoms with Crippen molar-refractivity contribution in [3.05, 3.63) is 55.6 Å². The summed E-state index contributed by atoms with van der Waals surface area (Å²) in [5, 5.41) is 2.88. The molecular weight excluding hydrogens is 469 g/mol. The molecule has 0 heterocycles. The summed E-state index contributed by atoms with van der Waals surface area (Å²) in [6.45, 7) is 4.11. The smallest absolute Gasteiger partial charge is 0.262 e. The Balaban J connectivity index is 1.94. The van der Waals surface area contributed by atoms with Gasteiger partial charge in [0.2, 0.25) is 0 Å². The van der Waals surface area contributed by atoms with E-state index < -0.39 is 0 Å². The number of hydrogen-bond acceptors (Lipinski definition) is 2. The Morgan fingerprint density at radius 2 is 2.04 bits per heavy atom. The Morgan fingerprint density at radius 1 is 1.26 bits per heavy atom. The molecule has 0 bridgehead atoms. The second-order valence-electron chi connectivity index (χ2n) is 5.31. The van der Waals surface area contributed by atoms with Crippen LogP contribution in [-0.2, 0) is 11.2 Å². The minimum atomic E-state index is -0.168. The van der Waals surface area contributed by atoms with Gasteiger partial charge in [0.25, 0.3) is 5.91 Å². The first-order valence-corrected chi connectivity index (χ1v) is 9.34. The van der Waals surface area contributed by atoms with Crippen molar-refractivity contribution in [2.45, 2.75) is 26.7 Å². The van der Waals surface area contributed by atoms with Gasteiger partial charge >= 0.3 is 0 Å². The molecule has 0 aromatic heterocycles. The second kappa shape index (κ2) is 8.68. The van der Waals surface area contributed by atoms with E-state index in [1.165, 1.54) is 5.56 Å². The number of carbonyl (C=O) groups excluding carboxylic acids is 1. The number of benzene rings is 2. The summed E-state index contributed by atoms with van der Waals surface area (Å²) in [7, 11) is 0. The van der Waals surface area contributed by atoms with E-state index in [2.05, 4.69) is 50.8 Å². The van der Waals surface area contributed by atoms with Crippen LogP contribution < -0.4 is 10.1 Å². The minimum Gasteiger partial charge on any atom is -0.483 e. The molecule has 0 spiro atoms. The molecule has 0 saturated heterocycles. The lowest BCUT2D eigenvalue weighted by Crippen LogP contribution is -2.20. The molecule has 0 aliphatic carbocycles. The Kier molecular flexibility index (Phi) is 6.89. The molecule has 5 heteroatoms. The van der Waals surface area contributed by atoms with Gasteiger partial charge in [0.15, 0.2) is 6.61 Å². The lowest BCUT2D eigenvalue weighted by molar-refractivity contribution is -0.118. The molecule has 1 N–H and O–H groups in total. The first-order valence-electron chi connectivity index (χ1n) is 7.47. The normalized spacial score (nSPS) is 10.4. The molecular formula is C18H19BrINO2. The van der Waals surface area contributed by atoms with E-state index in [0.717, 1.165) is 32.1 Å². The van der Waals surface area contributed by atoms with Crippen LogP contribution in [0.3, 0.4) is 0 Å². The van der Waals surface area contributed by atoms with Crippen LogP contribution in [-0.4, -0.2) is 12.5 Å². The van der Waals surface area contributed by atoms with Gasteiger partial charge in [0.05, 0.1) is 4.47 Å². The fourth-order valence-electron chi connectivity index (χ4n) is 2.20. The number of amides is 1. The zero-order valence-corrected chi connectivity index (χ0v) is 16.9. The first-order chi connectivity index (χ1) is 11.0. The number of halogens is 2. The van der Waals surface area contributed by atoms with Gasteiger partial charge in [0, 0.05) is 9.26 Å². The van der Waals surface area contributed by atoms with Crippen molar-refractivity contribution in [2.75, 3.05) is 11.9 Å². The van der Waals surface area contributed by atoms with E-state index in [1.54, 1.807) is 0 Å². The van der Waals surface area contributed by atoms with E-state index in [9.17, 15) is 4.79 Å². The third kappa shape index (κ3) is 5.49. The summed E-state index contributed by atoms with van der Waals surface area (Å²) in [6.07, 6.45) is 2.13.